The Morgan fingerprint density at radius 2 is 2.08 bits per heavy atom. The number of carbonyl (C=O) groups is 1. The standard InChI is InChI=1S/C18H24N6O/c1-13-10-24-12-15(5-6-16(24)21-13)22-17(25)14-4-2-9-23(11-14)18-19-7-3-8-20-18/h3,7-8,10,14-15H,2,4-6,9,11-12H2,1H3,(H,22,25)/t14-,15-/m1/s1. The third kappa shape index (κ3) is 3.50. The van der Waals surface area contributed by atoms with Crippen molar-refractivity contribution in [2.45, 2.75) is 45.2 Å². The van der Waals surface area contributed by atoms with E-state index in [4.69, 9.17) is 0 Å². The molecular formula is C18H24N6O. The Kier molecular flexibility index (Phi) is 4.38. The number of nitrogens with one attached hydrogen (secondary N) is 1. The zero-order chi connectivity index (χ0) is 17.2. The molecule has 2 aliphatic rings. The van der Waals surface area contributed by atoms with Gasteiger partial charge in [-0.2, -0.15) is 0 Å². The van der Waals surface area contributed by atoms with Crippen LogP contribution in [-0.2, 0) is 17.8 Å². The van der Waals surface area contributed by atoms with Gasteiger partial charge in [0, 0.05) is 50.7 Å². The molecule has 0 unspecified atom stereocenters. The van der Waals surface area contributed by atoms with Crippen LogP contribution in [0.3, 0.4) is 0 Å². The fourth-order valence-electron chi connectivity index (χ4n) is 3.85. The van der Waals surface area contributed by atoms with Gasteiger partial charge < -0.3 is 14.8 Å². The number of piperidine rings is 1. The van der Waals surface area contributed by atoms with Crippen LogP contribution in [0.5, 0.6) is 0 Å². The summed E-state index contributed by atoms with van der Waals surface area (Å²) in [6.07, 6.45) is 9.37. The van der Waals surface area contributed by atoms with Crippen molar-refractivity contribution < 1.29 is 4.79 Å². The third-order valence-corrected chi connectivity index (χ3v) is 5.09. The molecular weight excluding hydrogens is 316 g/mol. The van der Waals surface area contributed by atoms with Crippen molar-refractivity contribution in [2.75, 3.05) is 18.0 Å². The van der Waals surface area contributed by atoms with Crippen LogP contribution >= 0.6 is 0 Å². The van der Waals surface area contributed by atoms with Crippen molar-refractivity contribution in [1.29, 1.82) is 0 Å². The number of rotatable bonds is 3. The second-order valence-electron chi connectivity index (χ2n) is 7.03. The molecule has 1 N–H and O–H groups in total. The van der Waals surface area contributed by atoms with E-state index in [0.29, 0.717) is 6.54 Å². The van der Waals surface area contributed by atoms with Crippen molar-refractivity contribution >= 4 is 11.9 Å². The predicted octanol–water partition coefficient (Wildman–Crippen LogP) is 1.33. The molecule has 0 saturated carbocycles. The number of aryl methyl sites for hydroxylation is 2. The number of fused-ring (bicyclic) bond motifs is 1. The van der Waals surface area contributed by atoms with Crippen LogP contribution in [0.4, 0.5) is 5.95 Å². The minimum Gasteiger partial charge on any atom is -0.351 e. The normalized spacial score (nSPS) is 23.2. The average molecular weight is 340 g/mol. The number of amides is 1. The highest BCUT2D eigenvalue weighted by Gasteiger charge is 2.29. The first kappa shape index (κ1) is 16.1. The summed E-state index contributed by atoms with van der Waals surface area (Å²) in [4.78, 5) is 28.0. The fourth-order valence-corrected chi connectivity index (χ4v) is 3.85. The second kappa shape index (κ2) is 6.82. The summed E-state index contributed by atoms with van der Waals surface area (Å²) in [6.45, 7) is 4.44. The van der Waals surface area contributed by atoms with E-state index < -0.39 is 0 Å². The zero-order valence-electron chi connectivity index (χ0n) is 14.6. The molecule has 0 bridgehead atoms. The van der Waals surface area contributed by atoms with E-state index in [2.05, 4.69) is 35.9 Å². The Morgan fingerprint density at radius 1 is 1.24 bits per heavy atom. The van der Waals surface area contributed by atoms with Crippen LogP contribution in [0.25, 0.3) is 0 Å². The second-order valence-corrected chi connectivity index (χ2v) is 7.03. The van der Waals surface area contributed by atoms with E-state index in [9.17, 15) is 4.79 Å². The van der Waals surface area contributed by atoms with E-state index in [1.165, 1.54) is 0 Å². The molecule has 0 aliphatic carbocycles. The molecule has 132 valence electrons. The van der Waals surface area contributed by atoms with Gasteiger partial charge in [0.25, 0.3) is 0 Å². The van der Waals surface area contributed by atoms with Crippen LogP contribution < -0.4 is 10.2 Å². The van der Waals surface area contributed by atoms with Crippen molar-refractivity contribution in [2.24, 2.45) is 5.92 Å². The van der Waals surface area contributed by atoms with Crippen molar-refractivity contribution in [1.82, 2.24) is 24.8 Å². The molecule has 1 amide bonds. The molecule has 2 aliphatic heterocycles. The number of carbonyl (C=O) groups excluding carboxylic acids is 1. The van der Waals surface area contributed by atoms with E-state index in [1.54, 1.807) is 12.4 Å². The number of imidazole rings is 1. The summed E-state index contributed by atoms with van der Waals surface area (Å²) in [5.41, 5.74) is 1.05. The van der Waals surface area contributed by atoms with Gasteiger partial charge in [0.05, 0.1) is 11.6 Å². The first-order valence-corrected chi connectivity index (χ1v) is 9.04. The number of anilines is 1. The van der Waals surface area contributed by atoms with Crippen LogP contribution in [-0.4, -0.2) is 44.6 Å². The molecule has 4 rings (SSSR count). The van der Waals surface area contributed by atoms with Crippen LogP contribution in [0.1, 0.15) is 30.8 Å². The van der Waals surface area contributed by atoms with Gasteiger partial charge in [0.2, 0.25) is 11.9 Å². The SMILES string of the molecule is Cc1cn2c(n1)CC[C@@H](NC(=O)[C@@H]1CCCN(c3ncccn3)C1)C2. The minimum absolute atomic E-state index is 0.00322. The van der Waals surface area contributed by atoms with Gasteiger partial charge in [-0.15, -0.1) is 0 Å². The van der Waals surface area contributed by atoms with Gasteiger partial charge in [0.1, 0.15) is 5.82 Å². The van der Waals surface area contributed by atoms with Crippen LogP contribution in [0.2, 0.25) is 0 Å². The molecule has 1 saturated heterocycles. The minimum atomic E-state index is 0.00322. The first-order valence-electron chi connectivity index (χ1n) is 9.04. The summed E-state index contributed by atoms with van der Waals surface area (Å²) in [7, 11) is 0. The Bertz CT molecular complexity index is 743. The van der Waals surface area contributed by atoms with Gasteiger partial charge in [0.15, 0.2) is 0 Å². The molecule has 2 atom stereocenters. The molecule has 0 aromatic carbocycles. The Hall–Kier alpha value is -2.44. The maximum atomic E-state index is 12.8. The number of hydrogen-bond donors (Lipinski definition) is 1. The lowest BCUT2D eigenvalue weighted by atomic mass is 9.96. The van der Waals surface area contributed by atoms with Crippen molar-refractivity contribution in [3.63, 3.8) is 0 Å². The summed E-state index contributed by atoms with van der Waals surface area (Å²) in [5.74, 6) is 2.01. The molecule has 1 fully saturated rings. The molecule has 25 heavy (non-hydrogen) atoms. The highest BCUT2D eigenvalue weighted by molar-refractivity contribution is 5.79. The smallest absolute Gasteiger partial charge is 0.225 e. The van der Waals surface area contributed by atoms with E-state index >= 15 is 0 Å². The topological polar surface area (TPSA) is 75.9 Å². The summed E-state index contributed by atoms with van der Waals surface area (Å²) in [5, 5.41) is 3.26. The zero-order valence-corrected chi connectivity index (χ0v) is 14.6. The lowest BCUT2D eigenvalue weighted by molar-refractivity contribution is -0.126. The third-order valence-electron chi connectivity index (χ3n) is 5.09. The highest BCUT2D eigenvalue weighted by Crippen LogP contribution is 2.21. The van der Waals surface area contributed by atoms with Crippen molar-refractivity contribution in [3.8, 4) is 0 Å². The quantitative estimate of drug-likeness (QED) is 0.912. The van der Waals surface area contributed by atoms with Crippen LogP contribution in [0, 0.1) is 12.8 Å². The number of nitrogens with zero attached hydrogens (tertiary/aromatic N) is 5. The maximum Gasteiger partial charge on any atom is 0.225 e. The highest BCUT2D eigenvalue weighted by atomic mass is 16.2. The number of aromatic nitrogens is 4. The summed E-state index contributed by atoms with van der Waals surface area (Å²) >= 11 is 0. The van der Waals surface area contributed by atoms with Gasteiger partial charge in [-0.05, 0) is 32.3 Å². The first-order chi connectivity index (χ1) is 12.2. The molecule has 2 aromatic rings. The van der Waals surface area contributed by atoms with Gasteiger partial charge in [-0.3, -0.25) is 4.79 Å². The van der Waals surface area contributed by atoms with E-state index in [1.807, 2.05) is 13.0 Å². The summed E-state index contributed by atoms with van der Waals surface area (Å²) < 4.78 is 2.18. The van der Waals surface area contributed by atoms with Gasteiger partial charge in [-0.1, -0.05) is 0 Å². The predicted molar refractivity (Wildman–Crippen MR) is 94.2 cm³/mol. The largest absolute Gasteiger partial charge is 0.351 e. The fraction of sp³-hybridized carbons (Fsp3) is 0.556. The lowest BCUT2D eigenvalue weighted by Crippen LogP contribution is -2.48. The monoisotopic (exact) mass is 340 g/mol. The van der Waals surface area contributed by atoms with Gasteiger partial charge >= 0.3 is 0 Å². The number of hydrogen-bond acceptors (Lipinski definition) is 5. The molecule has 2 aromatic heterocycles. The van der Waals surface area contributed by atoms with E-state index in [-0.39, 0.29) is 17.9 Å². The molecule has 0 spiro atoms. The maximum absolute atomic E-state index is 12.8. The van der Waals surface area contributed by atoms with E-state index in [0.717, 1.165) is 56.2 Å². The Balaban J connectivity index is 1.36. The Labute approximate surface area is 147 Å². The average Bonchev–Trinajstić information content (AvgIpc) is 3.02. The van der Waals surface area contributed by atoms with Gasteiger partial charge in [-0.25, -0.2) is 15.0 Å². The van der Waals surface area contributed by atoms with Crippen molar-refractivity contribution in [3.05, 3.63) is 36.2 Å². The lowest BCUT2D eigenvalue weighted by Gasteiger charge is -2.33. The Morgan fingerprint density at radius 3 is 2.92 bits per heavy atom. The molecule has 7 heteroatoms. The summed E-state index contributed by atoms with van der Waals surface area (Å²) in [6, 6.07) is 2.00. The molecule has 4 heterocycles. The van der Waals surface area contributed by atoms with Crippen LogP contribution in [0.15, 0.2) is 24.7 Å². The molecule has 0 radical (unpaired) electrons. The molecule has 7 nitrogen and oxygen atoms in total.